The second kappa shape index (κ2) is 8.81. The van der Waals surface area contributed by atoms with E-state index in [4.69, 9.17) is 16.3 Å². The molecule has 0 fully saturated rings. The second-order valence-electron chi connectivity index (χ2n) is 6.47. The predicted octanol–water partition coefficient (Wildman–Crippen LogP) is 2.79. The van der Waals surface area contributed by atoms with Gasteiger partial charge in [0.05, 0.1) is 10.6 Å². The van der Waals surface area contributed by atoms with Crippen LogP contribution in [-0.4, -0.2) is 49.9 Å². The fraction of sp³-hybridized carbons (Fsp3) is 0.263. The van der Waals surface area contributed by atoms with Crippen molar-refractivity contribution in [3.8, 4) is 5.75 Å². The normalized spacial score (nSPS) is 12.5. The van der Waals surface area contributed by atoms with Crippen LogP contribution in [-0.2, 0) is 19.6 Å². The molecule has 0 bridgehead atoms. The minimum Gasteiger partial charge on any atom is -0.508 e. The summed E-state index contributed by atoms with van der Waals surface area (Å²) in [5.74, 6) is -1.51. The summed E-state index contributed by atoms with van der Waals surface area (Å²) in [6.07, 6.45) is -1.17. The van der Waals surface area contributed by atoms with Crippen molar-refractivity contribution in [3.63, 3.8) is 0 Å². The molecular formula is C19H21ClN2O6S. The van der Waals surface area contributed by atoms with E-state index in [2.05, 4.69) is 5.32 Å². The monoisotopic (exact) mass is 440 g/mol. The number of benzene rings is 2. The lowest BCUT2D eigenvalue weighted by Crippen LogP contribution is -2.30. The van der Waals surface area contributed by atoms with Crippen LogP contribution < -0.4 is 5.32 Å². The van der Waals surface area contributed by atoms with Crippen LogP contribution in [0, 0.1) is 6.92 Å². The van der Waals surface area contributed by atoms with Crippen molar-refractivity contribution in [2.75, 3.05) is 19.4 Å². The maximum Gasteiger partial charge on any atom is 0.339 e. The lowest BCUT2D eigenvalue weighted by Gasteiger charge is -2.16. The molecular weight excluding hydrogens is 420 g/mol. The van der Waals surface area contributed by atoms with Crippen LogP contribution in [0.1, 0.15) is 22.8 Å². The van der Waals surface area contributed by atoms with Crippen LogP contribution in [0.3, 0.4) is 0 Å². The Morgan fingerprint density at radius 2 is 1.83 bits per heavy atom. The number of hydrogen-bond acceptors (Lipinski definition) is 6. The Morgan fingerprint density at radius 1 is 1.17 bits per heavy atom. The average Bonchev–Trinajstić information content (AvgIpc) is 2.64. The number of phenolic OH excluding ortho intramolecular Hbond substituents is 1. The first-order valence-electron chi connectivity index (χ1n) is 8.47. The lowest BCUT2D eigenvalue weighted by atomic mass is 10.1. The van der Waals surface area contributed by atoms with Crippen LogP contribution in [0.15, 0.2) is 41.3 Å². The Bertz CT molecular complexity index is 1050. The van der Waals surface area contributed by atoms with Crippen molar-refractivity contribution in [3.05, 3.63) is 52.5 Å². The number of rotatable bonds is 6. The number of halogens is 1. The zero-order chi connectivity index (χ0) is 21.9. The highest BCUT2D eigenvalue weighted by molar-refractivity contribution is 7.89. The third kappa shape index (κ3) is 5.26. The number of carbonyl (C=O) groups is 2. The molecule has 2 aromatic carbocycles. The Balaban J connectivity index is 2.13. The van der Waals surface area contributed by atoms with Crippen molar-refractivity contribution in [2.45, 2.75) is 24.8 Å². The van der Waals surface area contributed by atoms with E-state index in [9.17, 15) is 23.1 Å². The highest BCUT2D eigenvalue weighted by atomic mass is 35.5. The Morgan fingerprint density at radius 3 is 2.41 bits per heavy atom. The Kier molecular flexibility index (Phi) is 6.89. The van der Waals surface area contributed by atoms with Gasteiger partial charge >= 0.3 is 5.97 Å². The number of ether oxygens (including phenoxy) is 1. The molecule has 10 heteroatoms. The summed E-state index contributed by atoms with van der Waals surface area (Å²) in [5.41, 5.74) is 0.868. The minimum absolute atomic E-state index is 0.00959. The lowest BCUT2D eigenvalue weighted by molar-refractivity contribution is -0.123. The van der Waals surface area contributed by atoms with E-state index in [0.717, 1.165) is 4.31 Å². The molecule has 0 aliphatic rings. The SMILES string of the molecule is Cc1ccc(C(=O)OC(C)C(=O)Nc2ccc(Cl)c(S(=O)(=O)N(C)C)c2)cc1O. The van der Waals surface area contributed by atoms with E-state index < -0.39 is 28.0 Å². The number of esters is 1. The van der Waals surface area contributed by atoms with E-state index in [-0.39, 0.29) is 26.9 Å². The molecule has 1 amide bonds. The molecule has 1 unspecified atom stereocenters. The summed E-state index contributed by atoms with van der Waals surface area (Å²) in [7, 11) is -1.08. The molecule has 0 radical (unpaired) electrons. The highest BCUT2D eigenvalue weighted by Gasteiger charge is 2.23. The molecule has 1 atom stereocenters. The van der Waals surface area contributed by atoms with Gasteiger partial charge in [0, 0.05) is 19.8 Å². The van der Waals surface area contributed by atoms with Crippen LogP contribution in [0.2, 0.25) is 5.02 Å². The quantitative estimate of drug-likeness (QED) is 0.668. The molecule has 0 heterocycles. The van der Waals surface area contributed by atoms with Crippen molar-refractivity contribution in [2.24, 2.45) is 0 Å². The third-order valence-electron chi connectivity index (χ3n) is 4.06. The number of hydrogen-bond donors (Lipinski definition) is 2. The van der Waals surface area contributed by atoms with Crippen molar-refractivity contribution in [1.29, 1.82) is 0 Å². The van der Waals surface area contributed by atoms with Crippen LogP contribution in [0.4, 0.5) is 5.69 Å². The molecule has 2 aromatic rings. The maximum atomic E-state index is 12.3. The molecule has 0 aromatic heterocycles. The van der Waals surface area contributed by atoms with Gasteiger partial charge in [-0.1, -0.05) is 17.7 Å². The molecule has 29 heavy (non-hydrogen) atoms. The molecule has 2 N–H and O–H groups in total. The molecule has 8 nitrogen and oxygen atoms in total. The largest absolute Gasteiger partial charge is 0.508 e. The van der Waals surface area contributed by atoms with Gasteiger partial charge in [-0.05, 0) is 49.7 Å². The maximum absolute atomic E-state index is 12.3. The summed E-state index contributed by atoms with van der Waals surface area (Å²) >= 11 is 5.98. The molecule has 0 aliphatic carbocycles. The summed E-state index contributed by atoms with van der Waals surface area (Å²) in [6.45, 7) is 3.05. The fourth-order valence-corrected chi connectivity index (χ4v) is 3.63. The van der Waals surface area contributed by atoms with E-state index in [1.54, 1.807) is 13.0 Å². The number of carbonyl (C=O) groups excluding carboxylic acids is 2. The molecule has 2 rings (SSSR count). The first-order valence-corrected chi connectivity index (χ1v) is 10.3. The number of aryl methyl sites for hydroxylation is 1. The molecule has 0 spiro atoms. The van der Waals surface area contributed by atoms with Gasteiger partial charge in [0.15, 0.2) is 6.10 Å². The zero-order valence-electron chi connectivity index (χ0n) is 16.3. The number of sulfonamides is 1. The fourth-order valence-electron chi connectivity index (χ4n) is 2.24. The van der Waals surface area contributed by atoms with Gasteiger partial charge in [0.1, 0.15) is 10.6 Å². The van der Waals surface area contributed by atoms with Crippen LogP contribution in [0.25, 0.3) is 0 Å². The number of nitrogens with zero attached hydrogens (tertiary/aromatic N) is 1. The van der Waals surface area contributed by atoms with Gasteiger partial charge in [-0.2, -0.15) is 0 Å². The standard InChI is InChI=1S/C19H21ClN2O6S/c1-11-5-6-13(9-16(11)23)19(25)28-12(2)18(24)21-14-7-8-15(20)17(10-14)29(26,27)22(3)4/h5-10,12,23H,1-4H3,(H,21,24). The van der Waals surface area contributed by atoms with E-state index >= 15 is 0 Å². The molecule has 0 aliphatic heterocycles. The topological polar surface area (TPSA) is 113 Å². The summed E-state index contributed by atoms with van der Waals surface area (Å²) in [5, 5.41) is 12.2. The van der Waals surface area contributed by atoms with E-state index in [0.29, 0.717) is 5.56 Å². The van der Waals surface area contributed by atoms with Gasteiger partial charge in [-0.25, -0.2) is 17.5 Å². The number of nitrogens with one attached hydrogen (secondary N) is 1. The summed E-state index contributed by atoms with van der Waals surface area (Å²) in [4.78, 5) is 24.3. The van der Waals surface area contributed by atoms with Gasteiger partial charge in [0.2, 0.25) is 10.0 Å². The smallest absolute Gasteiger partial charge is 0.339 e. The van der Waals surface area contributed by atoms with Crippen LogP contribution >= 0.6 is 11.6 Å². The average molecular weight is 441 g/mol. The number of amides is 1. The number of aromatic hydroxyl groups is 1. The second-order valence-corrected chi connectivity index (χ2v) is 9.00. The Labute approximate surface area is 174 Å². The summed E-state index contributed by atoms with van der Waals surface area (Å²) < 4.78 is 30.7. The highest BCUT2D eigenvalue weighted by Crippen LogP contribution is 2.27. The zero-order valence-corrected chi connectivity index (χ0v) is 17.8. The predicted molar refractivity (Wildman–Crippen MR) is 109 cm³/mol. The van der Waals surface area contributed by atoms with Gasteiger partial charge in [-0.3, -0.25) is 4.79 Å². The van der Waals surface area contributed by atoms with Crippen molar-refractivity contribution < 1.29 is 27.9 Å². The van der Waals surface area contributed by atoms with E-state index in [1.807, 2.05) is 0 Å². The first-order chi connectivity index (χ1) is 13.4. The minimum atomic E-state index is -3.81. The molecule has 0 saturated carbocycles. The van der Waals surface area contributed by atoms with Crippen LogP contribution in [0.5, 0.6) is 5.75 Å². The van der Waals surface area contributed by atoms with Crippen molar-refractivity contribution >= 4 is 39.2 Å². The third-order valence-corrected chi connectivity index (χ3v) is 6.35. The molecule has 0 saturated heterocycles. The van der Waals surface area contributed by atoms with Gasteiger partial charge in [-0.15, -0.1) is 0 Å². The summed E-state index contributed by atoms with van der Waals surface area (Å²) in [6, 6.07) is 8.28. The molecule has 156 valence electrons. The van der Waals surface area contributed by atoms with E-state index in [1.165, 1.54) is 51.4 Å². The van der Waals surface area contributed by atoms with Crippen molar-refractivity contribution in [1.82, 2.24) is 4.31 Å². The van der Waals surface area contributed by atoms with Gasteiger partial charge < -0.3 is 15.2 Å². The first kappa shape index (κ1) is 22.7. The number of phenols is 1. The number of anilines is 1. The Hall–Kier alpha value is -2.62. The van der Waals surface area contributed by atoms with Gasteiger partial charge in [0.25, 0.3) is 5.91 Å².